The Labute approximate surface area is 94.7 Å². The van der Waals surface area contributed by atoms with Crippen molar-refractivity contribution in [2.24, 2.45) is 0 Å². The van der Waals surface area contributed by atoms with E-state index in [1.165, 1.54) is 0 Å². The Balaban J connectivity index is 2.21. The highest BCUT2D eigenvalue weighted by atomic mass is 16.5. The van der Waals surface area contributed by atoms with Crippen LogP contribution in [0.2, 0.25) is 0 Å². The molecule has 1 aromatic carbocycles. The molecule has 16 heavy (non-hydrogen) atoms. The van der Waals surface area contributed by atoms with Crippen LogP contribution in [0.3, 0.4) is 0 Å². The van der Waals surface area contributed by atoms with Gasteiger partial charge in [-0.1, -0.05) is 35.5 Å². The Morgan fingerprint density at radius 1 is 1.25 bits per heavy atom. The lowest BCUT2D eigenvalue weighted by Gasteiger charge is -2.13. The number of benzene rings is 1. The third-order valence-electron chi connectivity index (χ3n) is 2.23. The third-order valence-corrected chi connectivity index (χ3v) is 2.23. The van der Waals surface area contributed by atoms with Crippen LogP contribution < -0.4 is 0 Å². The van der Waals surface area contributed by atoms with Gasteiger partial charge in [0.25, 0.3) is 0 Å². The number of aliphatic hydroxyl groups is 1. The molecule has 3 heteroatoms. The number of nitrogens with zero attached hydrogens (tertiary/aromatic N) is 1. The molecule has 0 fully saturated rings. The van der Waals surface area contributed by atoms with Crippen molar-refractivity contribution < 1.29 is 9.63 Å². The van der Waals surface area contributed by atoms with Crippen molar-refractivity contribution in [2.45, 2.75) is 25.9 Å². The van der Waals surface area contributed by atoms with Gasteiger partial charge in [-0.3, -0.25) is 0 Å². The van der Waals surface area contributed by atoms with Gasteiger partial charge in [-0.05, 0) is 13.8 Å². The van der Waals surface area contributed by atoms with Crippen LogP contribution in [0.4, 0.5) is 0 Å². The zero-order valence-corrected chi connectivity index (χ0v) is 9.47. The molecule has 0 aliphatic rings. The zero-order valence-electron chi connectivity index (χ0n) is 9.47. The molecule has 0 saturated carbocycles. The lowest BCUT2D eigenvalue weighted by atomic mass is 10.0. The first kappa shape index (κ1) is 10.9. The highest BCUT2D eigenvalue weighted by molar-refractivity contribution is 5.56. The first-order chi connectivity index (χ1) is 7.54. The third kappa shape index (κ3) is 2.70. The van der Waals surface area contributed by atoms with Gasteiger partial charge in [0.15, 0.2) is 5.76 Å². The molecule has 1 N–H and O–H groups in total. The van der Waals surface area contributed by atoms with Crippen LogP contribution in [0, 0.1) is 0 Å². The molecular formula is C13H15NO2. The van der Waals surface area contributed by atoms with E-state index in [-0.39, 0.29) is 0 Å². The van der Waals surface area contributed by atoms with Gasteiger partial charge >= 0.3 is 0 Å². The molecule has 2 aromatic rings. The summed E-state index contributed by atoms with van der Waals surface area (Å²) in [6.07, 6.45) is 0.489. The molecule has 0 aliphatic carbocycles. The molecular weight excluding hydrogens is 202 g/mol. The molecule has 0 bridgehead atoms. The van der Waals surface area contributed by atoms with Gasteiger partial charge in [-0.2, -0.15) is 0 Å². The van der Waals surface area contributed by atoms with E-state index in [0.29, 0.717) is 6.42 Å². The van der Waals surface area contributed by atoms with Crippen molar-refractivity contribution in [1.82, 2.24) is 5.16 Å². The molecule has 3 nitrogen and oxygen atoms in total. The summed E-state index contributed by atoms with van der Waals surface area (Å²) in [5.41, 5.74) is 1.01. The fourth-order valence-corrected chi connectivity index (χ4v) is 1.58. The summed E-state index contributed by atoms with van der Waals surface area (Å²) >= 11 is 0. The maximum atomic E-state index is 9.67. The van der Waals surface area contributed by atoms with Crippen molar-refractivity contribution >= 4 is 0 Å². The van der Waals surface area contributed by atoms with Gasteiger partial charge in [-0.25, -0.2) is 0 Å². The van der Waals surface area contributed by atoms with E-state index < -0.39 is 5.60 Å². The minimum atomic E-state index is -0.759. The molecule has 1 aromatic heterocycles. The summed E-state index contributed by atoms with van der Waals surface area (Å²) in [5, 5.41) is 13.6. The molecule has 0 atom stereocenters. The van der Waals surface area contributed by atoms with Crippen LogP contribution in [-0.2, 0) is 6.42 Å². The molecule has 2 rings (SSSR count). The van der Waals surface area contributed by atoms with Gasteiger partial charge in [0.2, 0.25) is 0 Å². The van der Waals surface area contributed by atoms with E-state index in [1.54, 1.807) is 13.8 Å². The molecule has 0 unspecified atom stereocenters. The second-order valence-corrected chi connectivity index (χ2v) is 4.54. The van der Waals surface area contributed by atoms with Gasteiger partial charge in [0, 0.05) is 18.1 Å². The second-order valence-electron chi connectivity index (χ2n) is 4.54. The van der Waals surface area contributed by atoms with Crippen molar-refractivity contribution in [2.75, 3.05) is 0 Å². The van der Waals surface area contributed by atoms with E-state index >= 15 is 0 Å². The molecule has 84 valence electrons. The Kier molecular flexibility index (Phi) is 2.79. The molecule has 0 aliphatic heterocycles. The van der Waals surface area contributed by atoms with Crippen LogP contribution in [0.5, 0.6) is 0 Å². The largest absolute Gasteiger partial charge is 0.390 e. The van der Waals surface area contributed by atoms with Crippen molar-refractivity contribution in [3.05, 3.63) is 42.1 Å². The maximum Gasteiger partial charge on any atom is 0.167 e. The van der Waals surface area contributed by atoms with Crippen LogP contribution in [0.1, 0.15) is 19.5 Å². The average molecular weight is 217 g/mol. The van der Waals surface area contributed by atoms with E-state index in [4.69, 9.17) is 4.52 Å². The molecule has 0 spiro atoms. The van der Waals surface area contributed by atoms with Crippen molar-refractivity contribution in [3.63, 3.8) is 0 Å². The van der Waals surface area contributed by atoms with Crippen molar-refractivity contribution in [3.8, 4) is 11.3 Å². The van der Waals surface area contributed by atoms with Gasteiger partial charge in [0.1, 0.15) is 0 Å². The Hall–Kier alpha value is -1.61. The molecule has 0 radical (unpaired) electrons. The fraction of sp³-hybridized carbons (Fsp3) is 0.308. The van der Waals surface area contributed by atoms with Crippen molar-refractivity contribution in [1.29, 1.82) is 0 Å². The standard InChI is InChI=1S/C13H15NO2/c1-13(2,15)9-11-8-12(16-14-11)10-6-4-3-5-7-10/h3-8,15H,9H2,1-2H3. The lowest BCUT2D eigenvalue weighted by Crippen LogP contribution is -2.21. The predicted octanol–water partition coefficient (Wildman–Crippen LogP) is 2.66. The Morgan fingerprint density at radius 3 is 2.56 bits per heavy atom. The van der Waals surface area contributed by atoms with E-state index in [9.17, 15) is 5.11 Å². The van der Waals surface area contributed by atoms with Crippen LogP contribution in [-0.4, -0.2) is 15.9 Å². The van der Waals surface area contributed by atoms with Gasteiger partial charge in [0.05, 0.1) is 11.3 Å². The molecule has 1 heterocycles. The predicted molar refractivity (Wildman–Crippen MR) is 61.9 cm³/mol. The normalized spacial score (nSPS) is 11.7. The summed E-state index contributed by atoms with van der Waals surface area (Å²) < 4.78 is 5.24. The quantitative estimate of drug-likeness (QED) is 0.859. The molecule has 0 saturated heterocycles. The number of hydrogen-bond acceptors (Lipinski definition) is 3. The lowest BCUT2D eigenvalue weighted by molar-refractivity contribution is 0.0790. The second kappa shape index (κ2) is 4.10. The zero-order chi connectivity index (χ0) is 11.6. The average Bonchev–Trinajstić information content (AvgIpc) is 2.65. The highest BCUT2D eigenvalue weighted by Gasteiger charge is 2.16. The highest BCUT2D eigenvalue weighted by Crippen LogP contribution is 2.21. The minimum Gasteiger partial charge on any atom is -0.390 e. The van der Waals surface area contributed by atoms with E-state index in [0.717, 1.165) is 17.0 Å². The maximum absolute atomic E-state index is 9.67. The summed E-state index contributed by atoms with van der Waals surface area (Å²) in [5.74, 6) is 0.736. The van der Waals surface area contributed by atoms with Gasteiger partial charge in [-0.15, -0.1) is 0 Å². The van der Waals surface area contributed by atoms with Crippen LogP contribution in [0.25, 0.3) is 11.3 Å². The topological polar surface area (TPSA) is 46.3 Å². The SMILES string of the molecule is CC(C)(O)Cc1cc(-c2ccccc2)on1. The Bertz CT molecular complexity index is 454. The number of hydrogen-bond donors (Lipinski definition) is 1. The first-order valence-electron chi connectivity index (χ1n) is 5.28. The summed E-state index contributed by atoms with van der Waals surface area (Å²) in [6.45, 7) is 3.51. The number of rotatable bonds is 3. The van der Waals surface area contributed by atoms with Crippen LogP contribution in [0.15, 0.2) is 40.9 Å². The number of aromatic nitrogens is 1. The smallest absolute Gasteiger partial charge is 0.167 e. The van der Waals surface area contributed by atoms with Crippen LogP contribution >= 0.6 is 0 Å². The van der Waals surface area contributed by atoms with E-state index in [2.05, 4.69) is 5.16 Å². The molecule has 0 amide bonds. The minimum absolute atomic E-state index is 0.489. The fourth-order valence-electron chi connectivity index (χ4n) is 1.58. The Morgan fingerprint density at radius 2 is 1.94 bits per heavy atom. The van der Waals surface area contributed by atoms with Gasteiger partial charge < -0.3 is 9.63 Å². The first-order valence-corrected chi connectivity index (χ1v) is 5.28. The van der Waals surface area contributed by atoms with E-state index in [1.807, 2.05) is 36.4 Å². The summed E-state index contributed by atoms with van der Waals surface area (Å²) in [7, 11) is 0. The monoisotopic (exact) mass is 217 g/mol. The summed E-state index contributed by atoms with van der Waals surface area (Å²) in [4.78, 5) is 0. The summed E-state index contributed by atoms with van der Waals surface area (Å²) in [6, 6.07) is 11.7.